The first kappa shape index (κ1) is 14.7. The summed E-state index contributed by atoms with van der Waals surface area (Å²) in [4.78, 5) is 25.0. The van der Waals surface area contributed by atoms with Crippen LogP contribution in [0, 0.1) is 0 Å². The molecule has 2 aliphatic rings. The number of carbonyl (C=O) groups excluding carboxylic acids is 1. The molecule has 3 heterocycles. The normalized spacial score (nSPS) is 21.3. The summed E-state index contributed by atoms with van der Waals surface area (Å²) >= 11 is 0. The van der Waals surface area contributed by atoms with E-state index in [9.17, 15) is 18.0 Å². The van der Waals surface area contributed by atoms with Gasteiger partial charge < -0.3 is 4.90 Å². The quantitative estimate of drug-likeness (QED) is 0.707. The maximum atomic E-state index is 12.0. The van der Waals surface area contributed by atoms with E-state index in [1.54, 1.807) is 6.08 Å². The summed E-state index contributed by atoms with van der Waals surface area (Å²) in [7, 11) is -3.33. The van der Waals surface area contributed by atoms with Gasteiger partial charge in [-0.05, 0) is 5.57 Å². The Hall–Kier alpha value is -2.24. The Labute approximate surface area is 125 Å². The molecule has 10 nitrogen and oxygen atoms in total. The van der Waals surface area contributed by atoms with Gasteiger partial charge in [0.25, 0.3) is 5.56 Å². The van der Waals surface area contributed by atoms with Crippen LogP contribution in [0.3, 0.4) is 0 Å². The van der Waals surface area contributed by atoms with Gasteiger partial charge in [-0.2, -0.15) is 18.6 Å². The summed E-state index contributed by atoms with van der Waals surface area (Å²) in [5.41, 5.74) is 0.662. The van der Waals surface area contributed by atoms with E-state index >= 15 is 0 Å². The number of urea groups is 1. The zero-order valence-electron chi connectivity index (χ0n) is 11.4. The SMILES string of the molecule is Cn1ncc(C2=CCN3CC2N(OS(=O)(=O)O)C3=O)cc1=O. The van der Waals surface area contributed by atoms with Crippen LogP contribution in [0.4, 0.5) is 4.79 Å². The van der Waals surface area contributed by atoms with Gasteiger partial charge in [-0.25, -0.2) is 9.48 Å². The highest BCUT2D eigenvalue weighted by molar-refractivity contribution is 7.80. The van der Waals surface area contributed by atoms with Crippen molar-refractivity contribution in [3.05, 3.63) is 34.3 Å². The van der Waals surface area contributed by atoms with Crippen LogP contribution in [0.5, 0.6) is 0 Å². The molecule has 0 aromatic carbocycles. The highest BCUT2D eigenvalue weighted by Crippen LogP contribution is 2.32. The molecule has 11 heteroatoms. The van der Waals surface area contributed by atoms with Crippen molar-refractivity contribution in [1.29, 1.82) is 0 Å². The van der Waals surface area contributed by atoms with Crippen LogP contribution in [0.25, 0.3) is 5.57 Å². The fourth-order valence-corrected chi connectivity index (χ4v) is 2.85. The number of hydrogen-bond donors (Lipinski definition) is 1. The monoisotopic (exact) mass is 328 g/mol. The molecule has 1 unspecified atom stereocenters. The summed E-state index contributed by atoms with van der Waals surface area (Å²) in [6.45, 7) is 0.431. The number of rotatable bonds is 3. The average Bonchev–Trinajstić information content (AvgIpc) is 2.66. The number of aromatic nitrogens is 2. The van der Waals surface area contributed by atoms with Gasteiger partial charge in [-0.3, -0.25) is 9.35 Å². The van der Waals surface area contributed by atoms with Crippen molar-refractivity contribution >= 4 is 22.0 Å². The van der Waals surface area contributed by atoms with Crippen molar-refractivity contribution in [2.45, 2.75) is 6.04 Å². The summed E-state index contributed by atoms with van der Waals surface area (Å²) in [6.07, 6.45) is 3.13. The van der Waals surface area contributed by atoms with Crippen LogP contribution in [-0.4, -0.2) is 57.9 Å². The summed E-state index contributed by atoms with van der Waals surface area (Å²) in [6, 6.07) is -0.0918. The van der Waals surface area contributed by atoms with E-state index < -0.39 is 22.5 Å². The van der Waals surface area contributed by atoms with Gasteiger partial charge in [0.05, 0.1) is 12.7 Å². The van der Waals surface area contributed by atoms with Crippen molar-refractivity contribution in [1.82, 2.24) is 19.7 Å². The number of hydroxylamine groups is 2. The second-order valence-corrected chi connectivity index (χ2v) is 5.90. The van der Waals surface area contributed by atoms with Crippen molar-refractivity contribution in [3.63, 3.8) is 0 Å². The van der Waals surface area contributed by atoms with E-state index in [1.807, 2.05) is 0 Å². The minimum Gasteiger partial charge on any atom is -0.317 e. The van der Waals surface area contributed by atoms with Crippen molar-refractivity contribution < 1.29 is 22.0 Å². The molecule has 1 fully saturated rings. The maximum Gasteiger partial charge on any atom is 0.418 e. The molecule has 3 rings (SSSR count). The van der Waals surface area contributed by atoms with Gasteiger partial charge in [0.1, 0.15) is 6.04 Å². The lowest BCUT2D eigenvalue weighted by molar-refractivity contribution is -0.0160. The average molecular weight is 328 g/mol. The summed E-state index contributed by atoms with van der Waals surface area (Å²) in [5, 5.41) is 4.48. The molecule has 1 aromatic heterocycles. The Bertz CT molecular complexity index is 829. The summed E-state index contributed by atoms with van der Waals surface area (Å²) < 4.78 is 36.1. The molecular weight excluding hydrogens is 316 g/mol. The van der Waals surface area contributed by atoms with E-state index in [2.05, 4.69) is 9.38 Å². The molecule has 0 radical (unpaired) electrons. The zero-order valence-corrected chi connectivity index (χ0v) is 12.2. The Morgan fingerprint density at radius 2 is 2.14 bits per heavy atom. The number of hydrogen-bond acceptors (Lipinski definition) is 6. The number of fused-ring (bicyclic) bond motifs is 2. The van der Waals surface area contributed by atoms with Gasteiger partial charge in [-0.1, -0.05) is 6.08 Å². The molecule has 2 amide bonds. The van der Waals surface area contributed by atoms with Crippen molar-refractivity contribution in [2.75, 3.05) is 13.1 Å². The third kappa shape index (κ3) is 2.49. The van der Waals surface area contributed by atoms with Gasteiger partial charge in [0.15, 0.2) is 0 Å². The maximum absolute atomic E-state index is 12.0. The topological polar surface area (TPSA) is 122 Å². The lowest BCUT2D eigenvalue weighted by Gasteiger charge is -2.23. The number of carbonyl (C=O) groups is 1. The number of aryl methyl sites for hydroxylation is 1. The van der Waals surface area contributed by atoms with Gasteiger partial charge in [0.2, 0.25) is 0 Å². The lowest BCUT2D eigenvalue weighted by atomic mass is 9.98. The highest BCUT2D eigenvalue weighted by Gasteiger charge is 2.45. The van der Waals surface area contributed by atoms with Crippen LogP contribution in [0.2, 0.25) is 0 Å². The van der Waals surface area contributed by atoms with E-state index in [1.165, 1.54) is 24.2 Å². The van der Waals surface area contributed by atoms with Gasteiger partial charge >= 0.3 is 16.4 Å². The first-order valence-corrected chi connectivity index (χ1v) is 7.62. The highest BCUT2D eigenvalue weighted by atomic mass is 32.3. The molecule has 0 aliphatic carbocycles. The molecule has 2 bridgehead atoms. The number of nitrogens with zero attached hydrogens (tertiary/aromatic N) is 4. The van der Waals surface area contributed by atoms with E-state index in [0.29, 0.717) is 16.2 Å². The lowest BCUT2D eigenvalue weighted by Crippen LogP contribution is -2.36. The van der Waals surface area contributed by atoms with Crippen molar-refractivity contribution in [3.8, 4) is 0 Å². The molecule has 118 valence electrons. The Kier molecular flexibility index (Phi) is 3.27. The van der Waals surface area contributed by atoms with E-state index in [4.69, 9.17) is 4.55 Å². The molecule has 0 spiro atoms. The fourth-order valence-electron chi connectivity index (χ4n) is 2.48. The molecule has 1 aromatic rings. The van der Waals surface area contributed by atoms with Crippen LogP contribution in [0.15, 0.2) is 23.1 Å². The van der Waals surface area contributed by atoms with Gasteiger partial charge in [-0.15, -0.1) is 4.28 Å². The Morgan fingerprint density at radius 3 is 2.77 bits per heavy atom. The standard InChI is InChI=1S/C11H12N4O6S/c1-13-10(16)4-7(5-12-13)8-2-3-14-6-9(8)15(11(14)17)21-22(18,19)20/h2,4-5,9H,3,6H2,1H3,(H,18,19,20). The van der Waals surface area contributed by atoms with Crippen LogP contribution in [-0.2, 0) is 21.7 Å². The summed E-state index contributed by atoms with van der Waals surface area (Å²) in [5.74, 6) is 0. The third-order valence-electron chi connectivity index (χ3n) is 3.50. The Morgan fingerprint density at radius 1 is 1.41 bits per heavy atom. The van der Waals surface area contributed by atoms with Crippen LogP contribution < -0.4 is 5.56 Å². The zero-order chi connectivity index (χ0) is 16.1. The molecule has 0 saturated carbocycles. The second-order valence-electron chi connectivity index (χ2n) is 4.90. The number of amides is 2. The largest absolute Gasteiger partial charge is 0.418 e. The predicted octanol–water partition coefficient (Wildman–Crippen LogP) is -0.982. The molecule has 1 atom stereocenters. The molecular formula is C11H12N4O6S. The molecule has 22 heavy (non-hydrogen) atoms. The first-order chi connectivity index (χ1) is 10.3. The molecule has 1 N–H and O–H groups in total. The predicted molar refractivity (Wildman–Crippen MR) is 72.7 cm³/mol. The third-order valence-corrected chi connectivity index (χ3v) is 3.85. The minimum atomic E-state index is -4.83. The van der Waals surface area contributed by atoms with Crippen LogP contribution >= 0.6 is 0 Å². The van der Waals surface area contributed by atoms with E-state index in [-0.39, 0.29) is 18.6 Å². The van der Waals surface area contributed by atoms with Gasteiger partial charge in [0, 0.05) is 25.2 Å². The second kappa shape index (κ2) is 4.90. The van der Waals surface area contributed by atoms with E-state index in [0.717, 1.165) is 4.68 Å². The first-order valence-electron chi connectivity index (χ1n) is 6.25. The van der Waals surface area contributed by atoms with Crippen molar-refractivity contribution in [2.24, 2.45) is 7.05 Å². The molecule has 1 saturated heterocycles. The minimum absolute atomic E-state index is 0.190. The van der Waals surface area contributed by atoms with Crippen LogP contribution in [0.1, 0.15) is 5.56 Å². The fraction of sp³-hybridized carbons (Fsp3) is 0.364. The molecule has 2 aliphatic heterocycles. The smallest absolute Gasteiger partial charge is 0.317 e. The Balaban J connectivity index is 1.99.